The fourth-order valence-corrected chi connectivity index (χ4v) is 3.94. The Balaban J connectivity index is 2.11. The lowest BCUT2D eigenvalue weighted by molar-refractivity contribution is -0.189. The zero-order valence-corrected chi connectivity index (χ0v) is 15.0. The molecule has 4 nitrogen and oxygen atoms in total. The monoisotopic (exact) mass is 350 g/mol. The number of likely N-dealkylation sites (tertiary alicyclic amines) is 1. The standard InChI is InChI=1S/C17H29F3N2O2/c1-11(2)15(22-8-12(3)24-13(4)9-22)16(23)21-7-5-6-14(10-21)17(18,19)20/h11-15H,5-10H2,1-4H3. The van der Waals surface area contributed by atoms with Crippen LogP contribution in [-0.4, -0.2) is 66.3 Å². The smallest absolute Gasteiger partial charge is 0.373 e. The molecule has 0 aromatic heterocycles. The molecule has 4 unspecified atom stereocenters. The molecule has 0 aromatic carbocycles. The largest absolute Gasteiger partial charge is 0.393 e. The molecule has 0 aliphatic carbocycles. The molecule has 2 rings (SSSR count). The highest BCUT2D eigenvalue weighted by molar-refractivity contribution is 5.82. The maximum atomic E-state index is 13.0. The lowest BCUT2D eigenvalue weighted by Gasteiger charge is -2.44. The molecule has 0 spiro atoms. The first-order chi connectivity index (χ1) is 11.1. The summed E-state index contributed by atoms with van der Waals surface area (Å²) in [5, 5.41) is 0. The maximum Gasteiger partial charge on any atom is 0.393 e. The van der Waals surface area contributed by atoms with Crippen LogP contribution in [0.4, 0.5) is 13.2 Å². The van der Waals surface area contributed by atoms with Crippen molar-refractivity contribution < 1.29 is 22.7 Å². The highest BCUT2D eigenvalue weighted by atomic mass is 19.4. The van der Waals surface area contributed by atoms with Gasteiger partial charge >= 0.3 is 6.18 Å². The van der Waals surface area contributed by atoms with Crippen LogP contribution in [0.5, 0.6) is 0 Å². The van der Waals surface area contributed by atoms with Crippen molar-refractivity contribution in [1.29, 1.82) is 0 Å². The lowest BCUT2D eigenvalue weighted by Crippen LogP contribution is -2.59. The Morgan fingerprint density at radius 2 is 1.71 bits per heavy atom. The molecule has 4 atom stereocenters. The SMILES string of the molecule is CC1CN(C(C(=O)N2CCCC(C(F)(F)F)C2)C(C)C)CC(C)O1. The predicted molar refractivity (Wildman–Crippen MR) is 85.6 cm³/mol. The Kier molecular flexibility index (Phi) is 6.18. The first-order valence-corrected chi connectivity index (χ1v) is 8.84. The van der Waals surface area contributed by atoms with E-state index in [4.69, 9.17) is 4.74 Å². The van der Waals surface area contributed by atoms with Crippen LogP contribution in [0.1, 0.15) is 40.5 Å². The number of ether oxygens (including phenoxy) is 1. The second-order valence-corrected chi connectivity index (χ2v) is 7.57. The van der Waals surface area contributed by atoms with Gasteiger partial charge in [-0.1, -0.05) is 13.8 Å². The van der Waals surface area contributed by atoms with Crippen molar-refractivity contribution in [1.82, 2.24) is 9.80 Å². The Morgan fingerprint density at radius 1 is 1.12 bits per heavy atom. The van der Waals surface area contributed by atoms with E-state index in [-0.39, 0.29) is 43.0 Å². The summed E-state index contributed by atoms with van der Waals surface area (Å²) in [6.45, 7) is 9.32. The molecular weight excluding hydrogens is 321 g/mol. The van der Waals surface area contributed by atoms with Crippen LogP contribution in [0.2, 0.25) is 0 Å². The summed E-state index contributed by atoms with van der Waals surface area (Å²) >= 11 is 0. The van der Waals surface area contributed by atoms with Crippen molar-refractivity contribution >= 4 is 5.91 Å². The van der Waals surface area contributed by atoms with Crippen LogP contribution < -0.4 is 0 Å². The van der Waals surface area contributed by atoms with E-state index in [0.29, 0.717) is 26.1 Å². The van der Waals surface area contributed by atoms with Gasteiger partial charge in [0.1, 0.15) is 0 Å². The molecule has 140 valence electrons. The summed E-state index contributed by atoms with van der Waals surface area (Å²) in [7, 11) is 0. The quantitative estimate of drug-likeness (QED) is 0.785. The molecule has 2 fully saturated rings. The summed E-state index contributed by atoms with van der Waals surface area (Å²) in [6.07, 6.45) is -3.66. The second kappa shape index (κ2) is 7.60. The molecule has 0 bridgehead atoms. The third kappa shape index (κ3) is 4.63. The Labute approximate surface area is 142 Å². The van der Waals surface area contributed by atoms with Crippen molar-refractivity contribution in [2.45, 2.75) is 65.0 Å². The number of rotatable bonds is 3. The zero-order valence-electron chi connectivity index (χ0n) is 15.0. The fraction of sp³-hybridized carbons (Fsp3) is 0.941. The van der Waals surface area contributed by atoms with Gasteiger partial charge in [0, 0.05) is 26.2 Å². The number of carbonyl (C=O) groups excluding carboxylic acids is 1. The molecule has 24 heavy (non-hydrogen) atoms. The van der Waals surface area contributed by atoms with Crippen LogP contribution in [0, 0.1) is 11.8 Å². The first kappa shape index (κ1) is 19.5. The Morgan fingerprint density at radius 3 is 2.21 bits per heavy atom. The number of piperidine rings is 1. The third-order valence-corrected chi connectivity index (χ3v) is 4.92. The van der Waals surface area contributed by atoms with E-state index in [0.717, 1.165) is 0 Å². The summed E-state index contributed by atoms with van der Waals surface area (Å²) in [5.41, 5.74) is 0. The maximum absolute atomic E-state index is 13.0. The van der Waals surface area contributed by atoms with E-state index >= 15 is 0 Å². The number of halogens is 3. The normalized spacial score (nSPS) is 31.3. The summed E-state index contributed by atoms with van der Waals surface area (Å²) < 4.78 is 44.8. The van der Waals surface area contributed by atoms with Crippen molar-refractivity contribution in [2.24, 2.45) is 11.8 Å². The Bertz CT molecular complexity index is 432. The fourth-order valence-electron chi connectivity index (χ4n) is 3.94. The summed E-state index contributed by atoms with van der Waals surface area (Å²) in [5.74, 6) is -1.52. The van der Waals surface area contributed by atoms with E-state index < -0.39 is 12.1 Å². The molecular formula is C17H29F3N2O2. The second-order valence-electron chi connectivity index (χ2n) is 7.57. The minimum Gasteiger partial charge on any atom is -0.373 e. The van der Waals surface area contributed by atoms with Gasteiger partial charge in [-0.05, 0) is 32.6 Å². The highest BCUT2D eigenvalue weighted by Gasteiger charge is 2.44. The lowest BCUT2D eigenvalue weighted by atomic mass is 9.94. The average Bonchev–Trinajstić information content (AvgIpc) is 2.45. The van der Waals surface area contributed by atoms with E-state index in [2.05, 4.69) is 4.90 Å². The van der Waals surface area contributed by atoms with E-state index in [1.165, 1.54) is 4.90 Å². The van der Waals surface area contributed by atoms with Crippen LogP contribution >= 0.6 is 0 Å². The number of carbonyl (C=O) groups is 1. The van der Waals surface area contributed by atoms with Crippen molar-refractivity contribution in [3.63, 3.8) is 0 Å². The minimum absolute atomic E-state index is 0.0204. The molecule has 0 saturated carbocycles. The molecule has 2 heterocycles. The molecule has 0 N–H and O–H groups in total. The number of hydrogen-bond donors (Lipinski definition) is 0. The molecule has 2 saturated heterocycles. The van der Waals surface area contributed by atoms with Gasteiger partial charge in [0.05, 0.1) is 24.2 Å². The van der Waals surface area contributed by atoms with Gasteiger partial charge in [-0.2, -0.15) is 13.2 Å². The van der Waals surface area contributed by atoms with Crippen LogP contribution in [0.15, 0.2) is 0 Å². The molecule has 0 radical (unpaired) electrons. The minimum atomic E-state index is -4.23. The highest BCUT2D eigenvalue weighted by Crippen LogP contribution is 2.34. The van der Waals surface area contributed by atoms with Gasteiger partial charge in [-0.3, -0.25) is 9.69 Å². The molecule has 1 amide bonds. The number of amides is 1. The average molecular weight is 350 g/mol. The van der Waals surface area contributed by atoms with Crippen molar-refractivity contribution in [3.05, 3.63) is 0 Å². The predicted octanol–water partition coefficient (Wildman–Crippen LogP) is 2.92. The molecule has 2 aliphatic rings. The van der Waals surface area contributed by atoms with Crippen LogP contribution in [0.3, 0.4) is 0 Å². The van der Waals surface area contributed by atoms with E-state index in [9.17, 15) is 18.0 Å². The first-order valence-electron chi connectivity index (χ1n) is 8.84. The van der Waals surface area contributed by atoms with Crippen LogP contribution in [-0.2, 0) is 9.53 Å². The molecule has 0 aromatic rings. The topological polar surface area (TPSA) is 32.8 Å². The molecule has 7 heteroatoms. The number of alkyl halides is 3. The third-order valence-electron chi connectivity index (χ3n) is 4.92. The summed E-state index contributed by atoms with van der Waals surface area (Å²) in [6, 6.07) is -0.384. The van der Waals surface area contributed by atoms with E-state index in [1.54, 1.807) is 0 Å². The van der Waals surface area contributed by atoms with E-state index in [1.807, 2.05) is 27.7 Å². The number of nitrogens with zero attached hydrogens (tertiary/aromatic N) is 2. The summed E-state index contributed by atoms with van der Waals surface area (Å²) in [4.78, 5) is 16.5. The van der Waals surface area contributed by atoms with Crippen LogP contribution in [0.25, 0.3) is 0 Å². The van der Waals surface area contributed by atoms with Gasteiger partial charge in [-0.25, -0.2) is 0 Å². The number of hydrogen-bond acceptors (Lipinski definition) is 3. The van der Waals surface area contributed by atoms with Gasteiger partial charge in [0.2, 0.25) is 5.91 Å². The van der Waals surface area contributed by atoms with Gasteiger partial charge in [0.25, 0.3) is 0 Å². The van der Waals surface area contributed by atoms with Gasteiger partial charge in [0.15, 0.2) is 0 Å². The molecule has 2 aliphatic heterocycles. The number of morpholine rings is 1. The Hall–Kier alpha value is -0.820. The van der Waals surface area contributed by atoms with Crippen molar-refractivity contribution in [2.75, 3.05) is 26.2 Å². The van der Waals surface area contributed by atoms with Gasteiger partial charge in [-0.15, -0.1) is 0 Å². The van der Waals surface area contributed by atoms with Gasteiger partial charge < -0.3 is 9.64 Å². The zero-order chi connectivity index (χ0) is 18.1. The van der Waals surface area contributed by atoms with Crippen molar-refractivity contribution in [3.8, 4) is 0 Å².